The van der Waals surface area contributed by atoms with Gasteiger partial charge in [0, 0.05) is 24.7 Å². The second-order valence-corrected chi connectivity index (χ2v) is 5.37. The van der Waals surface area contributed by atoms with Crippen molar-refractivity contribution in [3.05, 3.63) is 28.8 Å². The van der Waals surface area contributed by atoms with E-state index in [1.54, 1.807) is 0 Å². The van der Waals surface area contributed by atoms with Crippen LogP contribution in [0.2, 0.25) is 5.02 Å². The van der Waals surface area contributed by atoms with Gasteiger partial charge in [-0.25, -0.2) is 8.78 Å². The molecule has 1 saturated heterocycles. The number of nitrogens with two attached hydrogens (primary N) is 1. The Morgan fingerprint density at radius 1 is 1.33 bits per heavy atom. The summed E-state index contributed by atoms with van der Waals surface area (Å²) in [7, 11) is 0. The summed E-state index contributed by atoms with van der Waals surface area (Å²) in [6.07, 6.45) is 0.776. The van der Waals surface area contributed by atoms with Crippen molar-refractivity contribution >= 4 is 17.3 Å². The van der Waals surface area contributed by atoms with Crippen molar-refractivity contribution in [2.24, 2.45) is 11.7 Å². The molecular weight excluding hydrogens is 258 g/mol. The van der Waals surface area contributed by atoms with Gasteiger partial charge in [-0.1, -0.05) is 18.5 Å². The highest BCUT2D eigenvalue weighted by molar-refractivity contribution is 6.33. The SMILES string of the molecule is CC1C(N)CCN(c2c(F)cc(F)cc2Cl)C1C. The Morgan fingerprint density at radius 2 is 2.00 bits per heavy atom. The fraction of sp³-hybridized carbons (Fsp3) is 0.538. The van der Waals surface area contributed by atoms with Gasteiger partial charge in [0.25, 0.3) is 0 Å². The average molecular weight is 275 g/mol. The van der Waals surface area contributed by atoms with E-state index in [0.29, 0.717) is 6.54 Å². The standard InChI is InChI=1S/C13H17ClF2N2/c1-7-8(2)18(4-3-12(7)17)13-10(14)5-9(15)6-11(13)16/h5-8,12H,3-4,17H2,1-2H3. The van der Waals surface area contributed by atoms with Crippen molar-refractivity contribution in [2.45, 2.75) is 32.4 Å². The Labute approximate surface area is 111 Å². The number of piperidine rings is 1. The van der Waals surface area contributed by atoms with E-state index < -0.39 is 11.6 Å². The first-order valence-corrected chi connectivity index (χ1v) is 6.46. The summed E-state index contributed by atoms with van der Waals surface area (Å²) in [6, 6.07) is 2.20. The summed E-state index contributed by atoms with van der Waals surface area (Å²) in [5, 5.41) is 0.113. The fourth-order valence-corrected chi connectivity index (χ4v) is 2.82. The lowest BCUT2D eigenvalue weighted by Gasteiger charge is -2.43. The molecule has 0 spiro atoms. The number of hydrogen-bond acceptors (Lipinski definition) is 2. The minimum absolute atomic E-state index is 0.0752. The summed E-state index contributed by atoms with van der Waals surface area (Å²) in [6.45, 7) is 4.66. The lowest BCUT2D eigenvalue weighted by Crippen LogP contribution is -2.52. The molecule has 0 aliphatic carbocycles. The minimum atomic E-state index is -0.657. The number of halogens is 3. The molecule has 1 aromatic rings. The fourth-order valence-electron chi connectivity index (χ4n) is 2.52. The lowest BCUT2D eigenvalue weighted by atomic mass is 9.87. The van der Waals surface area contributed by atoms with Crippen molar-refractivity contribution in [3.8, 4) is 0 Å². The summed E-state index contributed by atoms with van der Waals surface area (Å²) < 4.78 is 26.9. The molecule has 1 heterocycles. The molecule has 0 radical (unpaired) electrons. The Balaban J connectivity index is 2.37. The molecule has 1 aliphatic rings. The van der Waals surface area contributed by atoms with Crippen LogP contribution in [0.25, 0.3) is 0 Å². The van der Waals surface area contributed by atoms with E-state index in [2.05, 4.69) is 0 Å². The van der Waals surface area contributed by atoms with Crippen LogP contribution in [0, 0.1) is 17.6 Å². The van der Waals surface area contributed by atoms with Crippen molar-refractivity contribution in [2.75, 3.05) is 11.4 Å². The van der Waals surface area contributed by atoms with Crippen molar-refractivity contribution in [1.29, 1.82) is 0 Å². The van der Waals surface area contributed by atoms with E-state index in [-0.39, 0.29) is 28.7 Å². The summed E-state index contributed by atoms with van der Waals surface area (Å²) >= 11 is 5.96. The van der Waals surface area contributed by atoms with Crippen LogP contribution in [0.4, 0.5) is 14.5 Å². The van der Waals surface area contributed by atoms with E-state index in [4.69, 9.17) is 17.3 Å². The third-order valence-electron chi connectivity index (χ3n) is 3.90. The van der Waals surface area contributed by atoms with E-state index in [1.807, 2.05) is 18.7 Å². The van der Waals surface area contributed by atoms with Crippen molar-refractivity contribution in [1.82, 2.24) is 0 Å². The monoisotopic (exact) mass is 274 g/mol. The largest absolute Gasteiger partial charge is 0.365 e. The van der Waals surface area contributed by atoms with Gasteiger partial charge in [0.1, 0.15) is 5.82 Å². The summed E-state index contributed by atoms with van der Waals surface area (Å²) in [5.41, 5.74) is 6.28. The van der Waals surface area contributed by atoms with Gasteiger partial charge < -0.3 is 10.6 Å². The highest BCUT2D eigenvalue weighted by atomic mass is 35.5. The maximum atomic E-state index is 13.9. The van der Waals surface area contributed by atoms with Gasteiger partial charge in [-0.2, -0.15) is 0 Å². The molecule has 1 aromatic carbocycles. The molecule has 0 saturated carbocycles. The zero-order valence-corrected chi connectivity index (χ0v) is 11.2. The number of hydrogen-bond donors (Lipinski definition) is 1. The summed E-state index contributed by atoms with van der Waals surface area (Å²) in [5.74, 6) is -1.04. The predicted molar refractivity (Wildman–Crippen MR) is 69.9 cm³/mol. The molecule has 100 valence electrons. The van der Waals surface area contributed by atoms with Crippen molar-refractivity contribution in [3.63, 3.8) is 0 Å². The highest BCUT2D eigenvalue weighted by Crippen LogP contribution is 2.35. The number of rotatable bonds is 1. The van der Waals surface area contributed by atoms with Crippen LogP contribution in [0.1, 0.15) is 20.3 Å². The van der Waals surface area contributed by atoms with Crippen LogP contribution >= 0.6 is 11.6 Å². The zero-order chi connectivity index (χ0) is 13.4. The first-order chi connectivity index (χ1) is 8.41. The second kappa shape index (κ2) is 5.02. The zero-order valence-electron chi connectivity index (χ0n) is 10.5. The second-order valence-electron chi connectivity index (χ2n) is 4.96. The van der Waals surface area contributed by atoms with Crippen molar-refractivity contribution < 1.29 is 8.78 Å². The first kappa shape index (κ1) is 13.6. The van der Waals surface area contributed by atoms with Crippen LogP contribution in [0.15, 0.2) is 12.1 Å². The van der Waals surface area contributed by atoms with Crippen LogP contribution in [0.5, 0.6) is 0 Å². The molecule has 5 heteroatoms. The maximum Gasteiger partial charge on any atom is 0.150 e. The number of anilines is 1. The Morgan fingerprint density at radius 3 is 2.61 bits per heavy atom. The molecule has 2 rings (SSSR count). The van der Waals surface area contributed by atoms with Gasteiger partial charge in [0.2, 0.25) is 0 Å². The molecule has 0 amide bonds. The topological polar surface area (TPSA) is 29.3 Å². The molecule has 1 fully saturated rings. The third-order valence-corrected chi connectivity index (χ3v) is 4.19. The molecule has 3 unspecified atom stereocenters. The molecule has 2 nitrogen and oxygen atoms in total. The molecule has 0 bridgehead atoms. The van der Waals surface area contributed by atoms with Crippen LogP contribution in [-0.2, 0) is 0 Å². The number of nitrogens with zero attached hydrogens (tertiary/aromatic N) is 1. The van der Waals surface area contributed by atoms with Gasteiger partial charge in [0.15, 0.2) is 5.82 Å². The molecule has 3 atom stereocenters. The van der Waals surface area contributed by atoms with Gasteiger partial charge >= 0.3 is 0 Å². The highest BCUT2D eigenvalue weighted by Gasteiger charge is 2.32. The molecule has 0 aromatic heterocycles. The number of benzene rings is 1. The lowest BCUT2D eigenvalue weighted by molar-refractivity contribution is 0.313. The maximum absolute atomic E-state index is 13.9. The van der Waals surface area contributed by atoms with E-state index >= 15 is 0 Å². The van der Waals surface area contributed by atoms with Crippen LogP contribution < -0.4 is 10.6 Å². The Kier molecular flexibility index (Phi) is 3.78. The predicted octanol–water partition coefficient (Wildman–Crippen LogP) is 3.18. The van der Waals surface area contributed by atoms with Crippen LogP contribution in [-0.4, -0.2) is 18.6 Å². The molecule has 1 aliphatic heterocycles. The van der Waals surface area contributed by atoms with Gasteiger partial charge in [0.05, 0.1) is 10.7 Å². The van der Waals surface area contributed by atoms with Gasteiger partial charge in [-0.05, 0) is 25.3 Å². The van der Waals surface area contributed by atoms with Gasteiger partial charge in [-0.3, -0.25) is 0 Å². The average Bonchev–Trinajstić information content (AvgIpc) is 2.28. The van der Waals surface area contributed by atoms with Gasteiger partial charge in [-0.15, -0.1) is 0 Å². The molecule has 2 N–H and O–H groups in total. The molecule has 18 heavy (non-hydrogen) atoms. The van der Waals surface area contributed by atoms with E-state index in [0.717, 1.165) is 18.6 Å². The van der Waals surface area contributed by atoms with E-state index in [1.165, 1.54) is 0 Å². The smallest absolute Gasteiger partial charge is 0.150 e. The van der Waals surface area contributed by atoms with E-state index in [9.17, 15) is 8.78 Å². The third kappa shape index (κ3) is 2.31. The normalized spacial score (nSPS) is 28.6. The minimum Gasteiger partial charge on any atom is -0.365 e. The first-order valence-electron chi connectivity index (χ1n) is 6.08. The Hall–Kier alpha value is -0.870. The molecular formula is C13H17ClF2N2. The van der Waals surface area contributed by atoms with Crippen LogP contribution in [0.3, 0.4) is 0 Å². The summed E-state index contributed by atoms with van der Waals surface area (Å²) in [4.78, 5) is 1.88. The Bertz CT molecular complexity index is 430. The quantitative estimate of drug-likeness (QED) is 0.852.